The van der Waals surface area contributed by atoms with Crippen LogP contribution in [0.1, 0.15) is 40.5 Å². The minimum absolute atomic E-state index is 0.230. The van der Waals surface area contributed by atoms with Crippen molar-refractivity contribution in [3.8, 4) is 0 Å². The van der Waals surface area contributed by atoms with Gasteiger partial charge in [-0.25, -0.2) is 0 Å². The maximum atomic E-state index is 6.09. The van der Waals surface area contributed by atoms with E-state index in [0.717, 1.165) is 19.4 Å². The van der Waals surface area contributed by atoms with Crippen molar-refractivity contribution in [1.29, 1.82) is 0 Å². The summed E-state index contributed by atoms with van der Waals surface area (Å²) >= 11 is 0. The Balaban J connectivity index is 3.99. The Morgan fingerprint density at radius 2 is 1.75 bits per heavy atom. The van der Waals surface area contributed by atoms with Gasteiger partial charge < -0.3 is 11.5 Å². The minimum atomic E-state index is 0.230. The van der Waals surface area contributed by atoms with Crippen LogP contribution in [0, 0.1) is 11.3 Å². The van der Waals surface area contributed by atoms with Crippen LogP contribution in [0.3, 0.4) is 0 Å². The van der Waals surface area contributed by atoms with Gasteiger partial charge in [-0.3, -0.25) is 0 Å². The first-order valence-electron chi connectivity index (χ1n) is 4.87. The van der Waals surface area contributed by atoms with Crippen molar-refractivity contribution >= 4 is 0 Å². The fourth-order valence-corrected chi connectivity index (χ4v) is 1.63. The third-order valence-corrected chi connectivity index (χ3v) is 2.65. The van der Waals surface area contributed by atoms with Gasteiger partial charge in [0.05, 0.1) is 0 Å². The standard InChI is InChI=1S/C10H24N2/c1-8(2)9(12)10(3,4)6-5-7-11/h8-9H,5-7,11-12H2,1-4H3. The monoisotopic (exact) mass is 172 g/mol. The molecule has 2 heteroatoms. The van der Waals surface area contributed by atoms with Crippen LogP contribution >= 0.6 is 0 Å². The molecule has 2 nitrogen and oxygen atoms in total. The molecule has 0 radical (unpaired) electrons. The molecule has 0 fully saturated rings. The molecule has 0 saturated carbocycles. The Bertz CT molecular complexity index is 119. The zero-order valence-electron chi connectivity index (χ0n) is 8.93. The van der Waals surface area contributed by atoms with Gasteiger partial charge in [-0.15, -0.1) is 0 Å². The van der Waals surface area contributed by atoms with Crippen LogP contribution in [0.15, 0.2) is 0 Å². The summed E-state index contributed by atoms with van der Waals surface area (Å²) < 4.78 is 0. The van der Waals surface area contributed by atoms with E-state index in [9.17, 15) is 0 Å². The summed E-state index contributed by atoms with van der Waals surface area (Å²) in [6.07, 6.45) is 2.20. The van der Waals surface area contributed by atoms with Crippen LogP contribution in [-0.2, 0) is 0 Å². The van der Waals surface area contributed by atoms with Crippen LogP contribution in [0.25, 0.3) is 0 Å². The second-order valence-electron chi connectivity index (χ2n) is 4.65. The van der Waals surface area contributed by atoms with Crippen molar-refractivity contribution in [1.82, 2.24) is 0 Å². The molecular weight excluding hydrogens is 148 g/mol. The summed E-state index contributed by atoms with van der Waals surface area (Å²) in [7, 11) is 0. The van der Waals surface area contributed by atoms with E-state index in [0.29, 0.717) is 5.92 Å². The van der Waals surface area contributed by atoms with Gasteiger partial charge in [0.25, 0.3) is 0 Å². The molecule has 0 aromatic carbocycles. The lowest BCUT2D eigenvalue weighted by Gasteiger charge is -2.34. The number of hydrogen-bond donors (Lipinski definition) is 2. The van der Waals surface area contributed by atoms with Crippen LogP contribution < -0.4 is 11.5 Å². The molecule has 0 aromatic heterocycles. The van der Waals surface area contributed by atoms with Gasteiger partial charge in [0.1, 0.15) is 0 Å². The fraction of sp³-hybridized carbons (Fsp3) is 1.00. The van der Waals surface area contributed by atoms with E-state index in [-0.39, 0.29) is 11.5 Å². The third kappa shape index (κ3) is 3.55. The Labute approximate surface area is 76.7 Å². The van der Waals surface area contributed by atoms with E-state index in [2.05, 4.69) is 27.7 Å². The first kappa shape index (κ1) is 11.9. The lowest BCUT2D eigenvalue weighted by molar-refractivity contribution is 0.212. The van der Waals surface area contributed by atoms with Crippen molar-refractivity contribution in [3.05, 3.63) is 0 Å². The predicted octanol–water partition coefficient (Wildman–Crippen LogP) is 1.73. The van der Waals surface area contributed by atoms with E-state index in [1.54, 1.807) is 0 Å². The molecule has 0 aliphatic heterocycles. The number of nitrogens with two attached hydrogens (primary N) is 2. The SMILES string of the molecule is CC(C)C(N)C(C)(C)CCCN. The second kappa shape index (κ2) is 4.83. The highest BCUT2D eigenvalue weighted by molar-refractivity contribution is 4.83. The van der Waals surface area contributed by atoms with Crippen LogP contribution in [0.2, 0.25) is 0 Å². The summed E-state index contributed by atoms with van der Waals surface area (Å²) in [5.41, 5.74) is 11.8. The maximum absolute atomic E-state index is 6.09. The van der Waals surface area contributed by atoms with Gasteiger partial charge in [0.15, 0.2) is 0 Å². The lowest BCUT2D eigenvalue weighted by atomic mass is 9.76. The van der Waals surface area contributed by atoms with Crippen molar-refractivity contribution in [2.45, 2.75) is 46.6 Å². The molecule has 74 valence electrons. The van der Waals surface area contributed by atoms with Gasteiger partial charge in [-0.2, -0.15) is 0 Å². The van der Waals surface area contributed by atoms with E-state index < -0.39 is 0 Å². The summed E-state index contributed by atoms with van der Waals surface area (Å²) in [4.78, 5) is 0. The molecule has 0 bridgehead atoms. The van der Waals surface area contributed by atoms with E-state index in [1.807, 2.05) is 0 Å². The van der Waals surface area contributed by atoms with Crippen LogP contribution in [0.5, 0.6) is 0 Å². The van der Waals surface area contributed by atoms with Crippen LogP contribution in [0.4, 0.5) is 0 Å². The molecule has 12 heavy (non-hydrogen) atoms. The Kier molecular flexibility index (Phi) is 4.80. The van der Waals surface area contributed by atoms with Crippen molar-refractivity contribution in [2.24, 2.45) is 22.8 Å². The molecule has 1 unspecified atom stereocenters. The molecule has 0 aromatic rings. The molecule has 1 atom stereocenters. The van der Waals surface area contributed by atoms with Gasteiger partial charge in [-0.05, 0) is 30.7 Å². The minimum Gasteiger partial charge on any atom is -0.330 e. The zero-order valence-corrected chi connectivity index (χ0v) is 8.93. The van der Waals surface area contributed by atoms with Gasteiger partial charge in [0, 0.05) is 6.04 Å². The van der Waals surface area contributed by atoms with Gasteiger partial charge in [0.2, 0.25) is 0 Å². The van der Waals surface area contributed by atoms with Gasteiger partial charge in [-0.1, -0.05) is 27.7 Å². The Hall–Kier alpha value is -0.0800. The lowest BCUT2D eigenvalue weighted by Crippen LogP contribution is -2.41. The topological polar surface area (TPSA) is 52.0 Å². The molecular formula is C10H24N2. The van der Waals surface area contributed by atoms with Crippen molar-refractivity contribution < 1.29 is 0 Å². The molecule has 4 N–H and O–H groups in total. The molecule has 0 amide bonds. The molecule has 0 aliphatic rings. The first-order valence-corrected chi connectivity index (χ1v) is 4.87. The van der Waals surface area contributed by atoms with Crippen molar-refractivity contribution in [2.75, 3.05) is 6.54 Å². The average molecular weight is 172 g/mol. The smallest absolute Gasteiger partial charge is 0.0113 e. The second-order valence-corrected chi connectivity index (χ2v) is 4.65. The van der Waals surface area contributed by atoms with Crippen molar-refractivity contribution in [3.63, 3.8) is 0 Å². The fourth-order valence-electron chi connectivity index (χ4n) is 1.63. The highest BCUT2D eigenvalue weighted by atomic mass is 14.7. The Morgan fingerprint density at radius 3 is 2.08 bits per heavy atom. The van der Waals surface area contributed by atoms with E-state index >= 15 is 0 Å². The van der Waals surface area contributed by atoms with Gasteiger partial charge >= 0.3 is 0 Å². The molecule has 0 spiro atoms. The number of rotatable bonds is 5. The Morgan fingerprint density at radius 1 is 1.25 bits per heavy atom. The quantitative estimate of drug-likeness (QED) is 0.663. The number of hydrogen-bond acceptors (Lipinski definition) is 2. The molecule has 0 aliphatic carbocycles. The summed E-state index contributed by atoms with van der Waals surface area (Å²) in [5.74, 6) is 0.553. The normalized spacial score (nSPS) is 15.2. The molecule has 0 saturated heterocycles. The third-order valence-electron chi connectivity index (χ3n) is 2.65. The summed E-state index contributed by atoms with van der Waals surface area (Å²) in [5, 5.41) is 0. The first-order chi connectivity index (χ1) is 5.41. The van der Waals surface area contributed by atoms with E-state index in [1.165, 1.54) is 0 Å². The highest BCUT2D eigenvalue weighted by Crippen LogP contribution is 2.29. The zero-order chi connectivity index (χ0) is 9.78. The summed E-state index contributed by atoms with van der Waals surface area (Å²) in [6.45, 7) is 9.58. The average Bonchev–Trinajstić information content (AvgIpc) is 1.99. The summed E-state index contributed by atoms with van der Waals surface area (Å²) in [6, 6.07) is 0.282. The largest absolute Gasteiger partial charge is 0.330 e. The highest BCUT2D eigenvalue weighted by Gasteiger charge is 2.27. The maximum Gasteiger partial charge on any atom is 0.0113 e. The molecule has 0 rings (SSSR count). The van der Waals surface area contributed by atoms with E-state index in [4.69, 9.17) is 11.5 Å². The van der Waals surface area contributed by atoms with Crippen LogP contribution in [-0.4, -0.2) is 12.6 Å². The molecule has 0 heterocycles. The predicted molar refractivity (Wildman–Crippen MR) is 54.9 cm³/mol.